The monoisotopic (exact) mass is 344 g/mol. The highest BCUT2D eigenvalue weighted by Crippen LogP contribution is 2.25. The van der Waals surface area contributed by atoms with Crippen LogP contribution in [0.15, 0.2) is 39.5 Å². The molecular weight excluding hydrogens is 336 g/mol. The quantitative estimate of drug-likeness (QED) is 0.905. The Balaban J connectivity index is 2.57. The van der Waals surface area contributed by atoms with E-state index in [0.717, 1.165) is 20.2 Å². The molecule has 0 aliphatic carbocycles. The molecular formula is C11H10Br2N2O. The topological polar surface area (TPSA) is 38.0 Å². The molecule has 0 bridgehead atoms. The summed E-state index contributed by atoms with van der Waals surface area (Å²) in [7, 11) is 0. The number of benzene rings is 1. The lowest BCUT2D eigenvalue weighted by atomic mass is 10.1. The SMILES string of the molecule is CC(O)c1ccc(Br)cc1-n1cc(Br)cn1. The van der Waals surface area contributed by atoms with Crippen LogP contribution in [-0.2, 0) is 0 Å². The maximum atomic E-state index is 9.70. The van der Waals surface area contributed by atoms with Crippen molar-refractivity contribution in [1.29, 1.82) is 0 Å². The van der Waals surface area contributed by atoms with Gasteiger partial charge in [-0.1, -0.05) is 22.0 Å². The van der Waals surface area contributed by atoms with Crippen LogP contribution in [0.1, 0.15) is 18.6 Å². The Bertz CT molecular complexity index is 508. The minimum Gasteiger partial charge on any atom is -0.389 e. The van der Waals surface area contributed by atoms with Gasteiger partial charge in [0.05, 0.1) is 22.5 Å². The van der Waals surface area contributed by atoms with Crippen molar-refractivity contribution in [2.75, 3.05) is 0 Å². The normalized spacial score (nSPS) is 12.8. The first kappa shape index (κ1) is 11.8. The van der Waals surface area contributed by atoms with E-state index in [-0.39, 0.29) is 0 Å². The molecule has 0 saturated carbocycles. The molecule has 1 heterocycles. The van der Waals surface area contributed by atoms with Crippen LogP contribution < -0.4 is 0 Å². The molecule has 1 aromatic carbocycles. The molecule has 0 spiro atoms. The number of rotatable bonds is 2. The average molecular weight is 346 g/mol. The van der Waals surface area contributed by atoms with Crippen LogP contribution in [0.5, 0.6) is 0 Å². The standard InChI is InChI=1S/C11H10Br2N2O/c1-7(16)10-3-2-8(12)4-11(10)15-6-9(13)5-14-15/h2-7,16H,1H3. The molecule has 2 aromatic rings. The summed E-state index contributed by atoms with van der Waals surface area (Å²) < 4.78 is 3.60. The van der Waals surface area contributed by atoms with E-state index in [0.29, 0.717) is 0 Å². The summed E-state index contributed by atoms with van der Waals surface area (Å²) in [6.07, 6.45) is 3.05. The minimum atomic E-state index is -0.522. The van der Waals surface area contributed by atoms with E-state index >= 15 is 0 Å². The van der Waals surface area contributed by atoms with Crippen molar-refractivity contribution < 1.29 is 5.11 Å². The number of aliphatic hydroxyl groups excluding tert-OH is 1. The predicted octanol–water partition coefficient (Wildman–Crippen LogP) is 3.45. The summed E-state index contributed by atoms with van der Waals surface area (Å²) in [5.74, 6) is 0. The van der Waals surface area contributed by atoms with Crippen molar-refractivity contribution in [2.24, 2.45) is 0 Å². The summed E-state index contributed by atoms with van der Waals surface area (Å²) in [6, 6.07) is 5.73. The van der Waals surface area contributed by atoms with E-state index in [1.807, 2.05) is 24.4 Å². The number of hydrogen-bond donors (Lipinski definition) is 1. The van der Waals surface area contributed by atoms with Gasteiger partial charge in [-0.15, -0.1) is 0 Å². The molecule has 16 heavy (non-hydrogen) atoms. The molecule has 1 unspecified atom stereocenters. The van der Waals surface area contributed by atoms with E-state index in [1.54, 1.807) is 17.8 Å². The van der Waals surface area contributed by atoms with Crippen LogP contribution in [0.2, 0.25) is 0 Å². The van der Waals surface area contributed by atoms with Gasteiger partial charge in [0.2, 0.25) is 0 Å². The lowest BCUT2D eigenvalue weighted by Crippen LogP contribution is -2.02. The Hall–Kier alpha value is -0.650. The zero-order valence-corrected chi connectivity index (χ0v) is 11.7. The molecule has 84 valence electrons. The molecule has 1 aromatic heterocycles. The summed E-state index contributed by atoms with van der Waals surface area (Å²) >= 11 is 6.77. The molecule has 0 aliphatic rings. The highest BCUT2D eigenvalue weighted by molar-refractivity contribution is 9.10. The van der Waals surface area contributed by atoms with Gasteiger partial charge in [-0.2, -0.15) is 5.10 Å². The van der Waals surface area contributed by atoms with Crippen LogP contribution >= 0.6 is 31.9 Å². The van der Waals surface area contributed by atoms with E-state index < -0.39 is 6.10 Å². The molecule has 0 aliphatic heterocycles. The smallest absolute Gasteiger partial charge is 0.0782 e. The molecule has 3 nitrogen and oxygen atoms in total. The van der Waals surface area contributed by atoms with Gasteiger partial charge >= 0.3 is 0 Å². The first-order valence-corrected chi connectivity index (χ1v) is 6.34. The maximum Gasteiger partial charge on any atom is 0.0782 e. The fourth-order valence-corrected chi connectivity index (χ4v) is 2.14. The van der Waals surface area contributed by atoms with Crippen molar-refractivity contribution in [1.82, 2.24) is 9.78 Å². The van der Waals surface area contributed by atoms with Gasteiger partial charge in [-0.3, -0.25) is 0 Å². The van der Waals surface area contributed by atoms with Crippen molar-refractivity contribution >= 4 is 31.9 Å². The predicted molar refractivity (Wildman–Crippen MR) is 69.6 cm³/mol. The van der Waals surface area contributed by atoms with Crippen molar-refractivity contribution in [3.05, 3.63) is 45.1 Å². The van der Waals surface area contributed by atoms with Gasteiger partial charge in [0.15, 0.2) is 0 Å². The second-order valence-electron chi connectivity index (χ2n) is 3.48. The highest BCUT2D eigenvalue weighted by atomic mass is 79.9. The maximum absolute atomic E-state index is 9.70. The van der Waals surface area contributed by atoms with E-state index in [1.165, 1.54) is 0 Å². The zero-order chi connectivity index (χ0) is 11.7. The van der Waals surface area contributed by atoms with Gasteiger partial charge in [0.1, 0.15) is 0 Å². The fourth-order valence-electron chi connectivity index (χ4n) is 1.50. The number of nitrogens with zero attached hydrogens (tertiary/aromatic N) is 2. The van der Waals surface area contributed by atoms with Crippen molar-refractivity contribution in [2.45, 2.75) is 13.0 Å². The largest absolute Gasteiger partial charge is 0.389 e. The molecule has 0 saturated heterocycles. The molecule has 1 N–H and O–H groups in total. The molecule has 1 atom stereocenters. The second-order valence-corrected chi connectivity index (χ2v) is 5.31. The lowest BCUT2D eigenvalue weighted by molar-refractivity contribution is 0.199. The van der Waals surface area contributed by atoms with E-state index in [4.69, 9.17) is 0 Å². The van der Waals surface area contributed by atoms with Gasteiger partial charge in [0.25, 0.3) is 0 Å². The minimum absolute atomic E-state index is 0.522. The van der Waals surface area contributed by atoms with Gasteiger partial charge < -0.3 is 5.11 Å². The number of hydrogen-bond acceptors (Lipinski definition) is 2. The third-order valence-corrected chi connectivity index (χ3v) is 3.14. The fraction of sp³-hybridized carbons (Fsp3) is 0.182. The summed E-state index contributed by atoms with van der Waals surface area (Å²) in [5, 5.41) is 13.9. The molecule has 5 heteroatoms. The highest BCUT2D eigenvalue weighted by Gasteiger charge is 2.10. The number of aromatic nitrogens is 2. The van der Waals surface area contributed by atoms with Gasteiger partial charge in [-0.25, -0.2) is 4.68 Å². The van der Waals surface area contributed by atoms with Crippen LogP contribution in [0.4, 0.5) is 0 Å². The summed E-state index contributed by atoms with van der Waals surface area (Å²) in [5.41, 5.74) is 1.72. The average Bonchev–Trinajstić information content (AvgIpc) is 2.64. The second kappa shape index (κ2) is 4.69. The van der Waals surface area contributed by atoms with E-state index in [9.17, 15) is 5.11 Å². The van der Waals surface area contributed by atoms with Gasteiger partial charge in [0, 0.05) is 16.2 Å². The Labute approximate surface area is 110 Å². The van der Waals surface area contributed by atoms with Crippen LogP contribution in [0.3, 0.4) is 0 Å². The zero-order valence-electron chi connectivity index (χ0n) is 8.56. The molecule has 2 rings (SSSR count). The lowest BCUT2D eigenvalue weighted by Gasteiger charge is -2.12. The van der Waals surface area contributed by atoms with Crippen LogP contribution in [-0.4, -0.2) is 14.9 Å². The number of aliphatic hydroxyl groups is 1. The van der Waals surface area contributed by atoms with E-state index in [2.05, 4.69) is 37.0 Å². The summed E-state index contributed by atoms with van der Waals surface area (Å²) in [4.78, 5) is 0. The first-order chi connectivity index (χ1) is 7.58. The Morgan fingerprint density at radius 2 is 2.06 bits per heavy atom. The van der Waals surface area contributed by atoms with Gasteiger partial charge in [-0.05, 0) is 35.0 Å². The molecule has 0 amide bonds. The summed E-state index contributed by atoms with van der Waals surface area (Å²) in [6.45, 7) is 1.74. The van der Waals surface area contributed by atoms with Crippen LogP contribution in [0, 0.1) is 0 Å². The third-order valence-electron chi connectivity index (χ3n) is 2.24. The molecule has 0 radical (unpaired) electrons. The Morgan fingerprint density at radius 3 is 2.62 bits per heavy atom. The Morgan fingerprint density at radius 1 is 1.31 bits per heavy atom. The number of halogens is 2. The van der Waals surface area contributed by atoms with Crippen molar-refractivity contribution in [3.63, 3.8) is 0 Å². The molecule has 0 fully saturated rings. The van der Waals surface area contributed by atoms with Crippen LogP contribution in [0.25, 0.3) is 5.69 Å². The first-order valence-electron chi connectivity index (χ1n) is 4.76. The van der Waals surface area contributed by atoms with Crippen molar-refractivity contribution in [3.8, 4) is 5.69 Å². The third kappa shape index (κ3) is 2.36. The Kier molecular flexibility index (Phi) is 3.47.